The molecule has 2 heterocycles. The van der Waals surface area contributed by atoms with Crippen LogP contribution in [0.1, 0.15) is 66.6 Å². The number of hydrogen-bond acceptors (Lipinski definition) is 7. The molecule has 1 amide bonds. The van der Waals surface area contributed by atoms with E-state index in [-0.39, 0.29) is 11.3 Å². The van der Waals surface area contributed by atoms with Gasteiger partial charge in [0.2, 0.25) is 0 Å². The van der Waals surface area contributed by atoms with Gasteiger partial charge in [0.1, 0.15) is 16.3 Å². The van der Waals surface area contributed by atoms with Crippen LogP contribution in [0.5, 0.6) is 0 Å². The van der Waals surface area contributed by atoms with E-state index in [1.165, 1.54) is 11.3 Å². The molecule has 8 heteroatoms. The Morgan fingerprint density at radius 1 is 1.06 bits per heavy atom. The third-order valence-electron chi connectivity index (χ3n) is 5.54. The van der Waals surface area contributed by atoms with Gasteiger partial charge in [0.05, 0.1) is 11.3 Å². The van der Waals surface area contributed by atoms with Crippen LogP contribution in [0.15, 0.2) is 28.8 Å². The van der Waals surface area contributed by atoms with Crippen molar-refractivity contribution >= 4 is 34.0 Å². The molecule has 1 aliphatic carbocycles. The molecule has 1 N–H and O–H groups in total. The van der Waals surface area contributed by atoms with Crippen LogP contribution in [0.25, 0.3) is 0 Å². The third kappa shape index (κ3) is 4.36. The van der Waals surface area contributed by atoms with Gasteiger partial charge < -0.3 is 14.6 Å². The Labute approximate surface area is 189 Å². The molecule has 0 unspecified atom stereocenters. The zero-order valence-corrected chi connectivity index (χ0v) is 19.1. The topological polar surface area (TPSA) is 98.5 Å². The van der Waals surface area contributed by atoms with Crippen molar-refractivity contribution in [3.63, 3.8) is 0 Å². The first-order valence-corrected chi connectivity index (χ1v) is 11.3. The SMILES string of the molecule is Cc1ccc(C(=O)c2c(NC(=O)COC(=O)c3c(C)noc3C)sc3c2CCCC3)cc1. The van der Waals surface area contributed by atoms with Gasteiger partial charge >= 0.3 is 5.97 Å². The number of anilines is 1. The van der Waals surface area contributed by atoms with E-state index in [9.17, 15) is 14.4 Å². The zero-order valence-electron chi connectivity index (χ0n) is 18.2. The van der Waals surface area contributed by atoms with Gasteiger partial charge in [-0.1, -0.05) is 35.0 Å². The molecule has 1 aromatic carbocycles. The first-order valence-electron chi connectivity index (χ1n) is 10.5. The highest BCUT2D eigenvalue weighted by atomic mass is 32.1. The molecule has 0 atom stereocenters. The van der Waals surface area contributed by atoms with Crippen molar-refractivity contribution in [1.29, 1.82) is 0 Å². The fourth-order valence-electron chi connectivity index (χ4n) is 3.88. The number of aryl methyl sites for hydroxylation is 4. The molecular weight excluding hydrogens is 428 g/mol. The van der Waals surface area contributed by atoms with Gasteiger partial charge in [-0.3, -0.25) is 9.59 Å². The second kappa shape index (κ2) is 9.08. The quantitative estimate of drug-likeness (QED) is 0.435. The van der Waals surface area contributed by atoms with Crippen molar-refractivity contribution in [3.8, 4) is 0 Å². The molecule has 4 rings (SSSR count). The van der Waals surface area contributed by atoms with Gasteiger partial charge in [-0.2, -0.15) is 0 Å². The monoisotopic (exact) mass is 452 g/mol. The van der Waals surface area contributed by atoms with E-state index >= 15 is 0 Å². The lowest BCUT2D eigenvalue weighted by Crippen LogP contribution is -2.22. The smallest absolute Gasteiger partial charge is 0.344 e. The van der Waals surface area contributed by atoms with Crippen LogP contribution in [0.4, 0.5) is 5.00 Å². The van der Waals surface area contributed by atoms with Gasteiger partial charge in [-0.25, -0.2) is 4.79 Å². The number of ketones is 1. The molecule has 7 nitrogen and oxygen atoms in total. The Morgan fingerprint density at radius 2 is 1.78 bits per heavy atom. The zero-order chi connectivity index (χ0) is 22.8. The molecular formula is C24H24N2O5S. The van der Waals surface area contributed by atoms with Crippen molar-refractivity contribution < 1.29 is 23.6 Å². The lowest BCUT2D eigenvalue weighted by molar-refractivity contribution is -0.119. The number of thiophene rings is 1. The molecule has 0 aliphatic heterocycles. The summed E-state index contributed by atoms with van der Waals surface area (Å²) in [5.74, 6) is -0.934. The third-order valence-corrected chi connectivity index (χ3v) is 6.74. The summed E-state index contributed by atoms with van der Waals surface area (Å²) in [5.41, 5.74) is 3.86. The van der Waals surface area contributed by atoms with Crippen LogP contribution in [0, 0.1) is 20.8 Å². The average molecular weight is 453 g/mol. The van der Waals surface area contributed by atoms with Crippen molar-refractivity contribution in [3.05, 3.63) is 68.4 Å². The van der Waals surface area contributed by atoms with E-state index in [2.05, 4.69) is 10.5 Å². The number of esters is 1. The molecule has 0 spiro atoms. The van der Waals surface area contributed by atoms with Crippen molar-refractivity contribution in [2.45, 2.75) is 46.5 Å². The Kier molecular flexibility index (Phi) is 6.23. The highest BCUT2D eigenvalue weighted by Gasteiger charge is 2.27. The van der Waals surface area contributed by atoms with Gasteiger partial charge in [0, 0.05) is 10.4 Å². The maximum absolute atomic E-state index is 13.3. The molecule has 0 saturated carbocycles. The Balaban J connectivity index is 1.53. The molecule has 0 bridgehead atoms. The van der Waals surface area contributed by atoms with Crippen LogP contribution in [0.2, 0.25) is 0 Å². The number of nitrogens with zero attached hydrogens (tertiary/aromatic N) is 1. The van der Waals surface area contributed by atoms with Gasteiger partial charge in [-0.05, 0) is 52.0 Å². The normalized spacial score (nSPS) is 12.8. The number of aromatic nitrogens is 1. The molecule has 3 aromatic rings. The fraction of sp³-hybridized carbons (Fsp3) is 0.333. The minimum absolute atomic E-state index is 0.104. The van der Waals surface area contributed by atoms with Crippen LogP contribution in [-0.2, 0) is 22.4 Å². The van der Waals surface area contributed by atoms with Crippen LogP contribution >= 0.6 is 11.3 Å². The van der Waals surface area contributed by atoms with Gasteiger partial charge in [0.25, 0.3) is 5.91 Å². The lowest BCUT2D eigenvalue weighted by Gasteiger charge is -2.13. The number of rotatable bonds is 6. The fourth-order valence-corrected chi connectivity index (χ4v) is 5.19. The molecule has 0 saturated heterocycles. The Morgan fingerprint density at radius 3 is 2.47 bits per heavy atom. The number of hydrogen-bond donors (Lipinski definition) is 1. The predicted molar refractivity (Wildman–Crippen MR) is 120 cm³/mol. The maximum Gasteiger partial charge on any atom is 0.344 e. The summed E-state index contributed by atoms with van der Waals surface area (Å²) >= 11 is 1.44. The van der Waals surface area contributed by atoms with Gasteiger partial charge in [0.15, 0.2) is 12.4 Å². The van der Waals surface area contributed by atoms with Gasteiger partial charge in [-0.15, -0.1) is 11.3 Å². The second-order valence-electron chi connectivity index (χ2n) is 7.93. The largest absolute Gasteiger partial charge is 0.452 e. The molecule has 166 valence electrons. The first kappa shape index (κ1) is 22.0. The number of carbonyl (C=O) groups is 3. The number of benzene rings is 1. The van der Waals surface area contributed by atoms with Crippen LogP contribution in [-0.4, -0.2) is 29.4 Å². The van der Waals surface area contributed by atoms with E-state index in [4.69, 9.17) is 9.26 Å². The van der Waals surface area contributed by atoms with E-state index < -0.39 is 18.5 Å². The van der Waals surface area contributed by atoms with E-state index in [1.807, 2.05) is 31.2 Å². The summed E-state index contributed by atoms with van der Waals surface area (Å²) in [4.78, 5) is 39.4. The summed E-state index contributed by atoms with van der Waals surface area (Å²) in [6, 6.07) is 7.42. The molecule has 1 aliphatic rings. The lowest BCUT2D eigenvalue weighted by atomic mass is 9.91. The van der Waals surface area contributed by atoms with Crippen molar-refractivity contribution in [2.75, 3.05) is 11.9 Å². The number of amides is 1. The highest BCUT2D eigenvalue weighted by molar-refractivity contribution is 7.17. The summed E-state index contributed by atoms with van der Waals surface area (Å²) < 4.78 is 10.1. The van der Waals surface area contributed by atoms with E-state index in [0.717, 1.165) is 41.7 Å². The highest BCUT2D eigenvalue weighted by Crippen LogP contribution is 2.39. The minimum Gasteiger partial charge on any atom is -0.452 e. The molecule has 0 fully saturated rings. The number of fused-ring (bicyclic) bond motifs is 1. The molecule has 0 radical (unpaired) electrons. The Bertz CT molecular complexity index is 1170. The predicted octanol–water partition coefficient (Wildman–Crippen LogP) is 4.57. The maximum atomic E-state index is 13.3. The summed E-state index contributed by atoms with van der Waals surface area (Å²) in [7, 11) is 0. The Hall–Kier alpha value is -3.26. The average Bonchev–Trinajstić information content (AvgIpc) is 3.31. The number of ether oxygens (including phenoxy) is 1. The number of nitrogens with one attached hydrogen (secondary N) is 1. The van der Waals surface area contributed by atoms with E-state index in [1.54, 1.807) is 13.8 Å². The molecule has 2 aromatic heterocycles. The summed E-state index contributed by atoms with van der Waals surface area (Å²) in [5, 5.41) is 7.04. The minimum atomic E-state index is -0.669. The van der Waals surface area contributed by atoms with Crippen LogP contribution in [0.3, 0.4) is 0 Å². The van der Waals surface area contributed by atoms with Crippen molar-refractivity contribution in [2.24, 2.45) is 0 Å². The molecule has 32 heavy (non-hydrogen) atoms. The summed E-state index contributed by atoms with van der Waals surface area (Å²) in [6.07, 6.45) is 3.79. The standard InChI is InChI=1S/C24H24N2O5S/c1-13-8-10-16(11-9-13)22(28)21-17-6-4-5-7-18(17)32-23(21)25-19(27)12-30-24(29)20-14(2)26-31-15(20)3/h8-11H,4-7,12H2,1-3H3,(H,25,27). The van der Waals surface area contributed by atoms with Crippen LogP contribution < -0.4 is 5.32 Å². The second-order valence-corrected chi connectivity index (χ2v) is 9.04. The number of carbonyl (C=O) groups excluding carboxylic acids is 3. The first-order chi connectivity index (χ1) is 15.3. The summed E-state index contributed by atoms with van der Waals surface area (Å²) in [6.45, 7) is 4.74. The van der Waals surface area contributed by atoms with E-state index in [0.29, 0.717) is 27.6 Å². The van der Waals surface area contributed by atoms with Crippen molar-refractivity contribution in [1.82, 2.24) is 5.16 Å².